The van der Waals surface area contributed by atoms with E-state index in [1.807, 2.05) is 12.1 Å². The first kappa shape index (κ1) is 10.8. The summed E-state index contributed by atoms with van der Waals surface area (Å²) in [5.41, 5.74) is 0.806. The summed E-state index contributed by atoms with van der Waals surface area (Å²) in [7, 11) is 0. The maximum atomic E-state index is 11.9. The van der Waals surface area contributed by atoms with E-state index in [2.05, 4.69) is 10.3 Å². The highest BCUT2D eigenvalue weighted by Gasteiger charge is 2.40. The summed E-state index contributed by atoms with van der Waals surface area (Å²) in [6, 6.07) is 3.72. The minimum atomic E-state index is 0.149. The van der Waals surface area contributed by atoms with Crippen LogP contribution in [0, 0.1) is 17.8 Å². The molecule has 1 heterocycles. The van der Waals surface area contributed by atoms with E-state index in [-0.39, 0.29) is 5.91 Å². The van der Waals surface area contributed by atoms with Crippen LogP contribution in [0.1, 0.15) is 32.1 Å². The van der Waals surface area contributed by atoms with Crippen LogP contribution in [0.4, 0.5) is 5.69 Å². The molecule has 2 fully saturated rings. The fraction of sp³-hybridized carbons (Fsp3) is 0.571. The van der Waals surface area contributed by atoms with Crippen molar-refractivity contribution in [3.63, 3.8) is 0 Å². The van der Waals surface area contributed by atoms with Gasteiger partial charge in [-0.25, -0.2) is 0 Å². The third kappa shape index (κ3) is 2.33. The zero-order valence-corrected chi connectivity index (χ0v) is 9.93. The third-order valence-corrected chi connectivity index (χ3v) is 4.28. The Morgan fingerprint density at radius 3 is 3.00 bits per heavy atom. The average Bonchev–Trinajstić information content (AvgIpc) is 2.92. The van der Waals surface area contributed by atoms with Gasteiger partial charge in [-0.15, -0.1) is 0 Å². The van der Waals surface area contributed by atoms with Crippen molar-refractivity contribution < 1.29 is 4.79 Å². The summed E-state index contributed by atoms with van der Waals surface area (Å²) in [4.78, 5) is 15.9. The van der Waals surface area contributed by atoms with Crippen LogP contribution in [0.2, 0.25) is 0 Å². The monoisotopic (exact) mass is 230 g/mol. The van der Waals surface area contributed by atoms with E-state index in [1.54, 1.807) is 12.4 Å². The van der Waals surface area contributed by atoms with Crippen molar-refractivity contribution in [1.82, 2.24) is 4.98 Å². The van der Waals surface area contributed by atoms with Crippen molar-refractivity contribution in [2.24, 2.45) is 17.8 Å². The number of hydrogen-bond acceptors (Lipinski definition) is 2. The lowest BCUT2D eigenvalue weighted by Crippen LogP contribution is -2.20. The van der Waals surface area contributed by atoms with Gasteiger partial charge in [0.1, 0.15) is 0 Å². The zero-order valence-electron chi connectivity index (χ0n) is 9.93. The van der Waals surface area contributed by atoms with Gasteiger partial charge in [-0.05, 0) is 49.1 Å². The molecule has 1 N–H and O–H groups in total. The summed E-state index contributed by atoms with van der Waals surface area (Å²) in [5.74, 6) is 2.51. The van der Waals surface area contributed by atoms with Crippen LogP contribution >= 0.6 is 0 Å². The number of nitrogens with one attached hydrogen (secondary N) is 1. The maximum absolute atomic E-state index is 11.9. The summed E-state index contributed by atoms with van der Waals surface area (Å²) in [6.07, 6.45) is 9.47. The molecular formula is C14H18N2O. The SMILES string of the molecule is O=C(CC1CC2CCC1C2)Nc1cccnc1. The highest BCUT2D eigenvalue weighted by Crippen LogP contribution is 2.49. The van der Waals surface area contributed by atoms with Crippen LogP contribution in [0.25, 0.3) is 0 Å². The number of anilines is 1. The number of fused-ring (bicyclic) bond motifs is 2. The lowest BCUT2D eigenvalue weighted by molar-refractivity contribution is -0.117. The Morgan fingerprint density at radius 1 is 1.41 bits per heavy atom. The van der Waals surface area contributed by atoms with Gasteiger partial charge in [0.25, 0.3) is 0 Å². The first-order valence-corrected chi connectivity index (χ1v) is 6.51. The van der Waals surface area contributed by atoms with Crippen molar-refractivity contribution in [3.8, 4) is 0 Å². The van der Waals surface area contributed by atoms with Crippen molar-refractivity contribution in [3.05, 3.63) is 24.5 Å². The molecule has 0 aromatic carbocycles. The molecule has 3 rings (SSSR count). The Morgan fingerprint density at radius 2 is 2.35 bits per heavy atom. The second-order valence-corrected chi connectivity index (χ2v) is 5.43. The summed E-state index contributed by atoms with van der Waals surface area (Å²) in [5, 5.41) is 2.93. The van der Waals surface area contributed by atoms with Gasteiger partial charge in [0.15, 0.2) is 0 Å². The van der Waals surface area contributed by atoms with Gasteiger partial charge in [-0.3, -0.25) is 9.78 Å². The Balaban J connectivity index is 1.54. The minimum absolute atomic E-state index is 0.149. The third-order valence-electron chi connectivity index (χ3n) is 4.28. The molecule has 1 amide bonds. The van der Waals surface area contributed by atoms with Crippen molar-refractivity contribution in [2.45, 2.75) is 32.1 Å². The van der Waals surface area contributed by atoms with Gasteiger partial charge >= 0.3 is 0 Å². The molecular weight excluding hydrogens is 212 g/mol. The average molecular weight is 230 g/mol. The van der Waals surface area contributed by atoms with Gasteiger partial charge in [-0.1, -0.05) is 6.42 Å². The molecule has 0 radical (unpaired) electrons. The molecule has 3 heteroatoms. The van der Waals surface area contributed by atoms with Crippen LogP contribution in [0.15, 0.2) is 24.5 Å². The fourth-order valence-electron chi connectivity index (χ4n) is 3.51. The van der Waals surface area contributed by atoms with Gasteiger partial charge < -0.3 is 5.32 Å². The van der Waals surface area contributed by atoms with E-state index in [0.717, 1.165) is 17.5 Å². The second-order valence-electron chi connectivity index (χ2n) is 5.43. The molecule has 3 nitrogen and oxygen atoms in total. The van der Waals surface area contributed by atoms with E-state index in [4.69, 9.17) is 0 Å². The molecule has 0 saturated heterocycles. The number of carbonyl (C=O) groups excluding carboxylic acids is 1. The second kappa shape index (κ2) is 4.47. The topological polar surface area (TPSA) is 42.0 Å². The van der Waals surface area contributed by atoms with Gasteiger partial charge in [-0.2, -0.15) is 0 Å². The Hall–Kier alpha value is -1.38. The molecule has 1 aromatic heterocycles. The molecule has 17 heavy (non-hydrogen) atoms. The van der Waals surface area contributed by atoms with Crippen LogP contribution in [0.3, 0.4) is 0 Å². The summed E-state index contributed by atoms with van der Waals surface area (Å²) in [6.45, 7) is 0. The predicted molar refractivity (Wildman–Crippen MR) is 66.4 cm³/mol. The lowest BCUT2D eigenvalue weighted by atomic mass is 9.86. The molecule has 2 bridgehead atoms. The first-order chi connectivity index (χ1) is 8.31. The van der Waals surface area contributed by atoms with Crippen LogP contribution in [-0.2, 0) is 4.79 Å². The number of rotatable bonds is 3. The predicted octanol–water partition coefficient (Wildman–Crippen LogP) is 2.85. The van der Waals surface area contributed by atoms with Gasteiger partial charge in [0.05, 0.1) is 11.9 Å². The molecule has 3 atom stereocenters. The first-order valence-electron chi connectivity index (χ1n) is 6.51. The van der Waals surface area contributed by atoms with E-state index < -0.39 is 0 Å². The van der Waals surface area contributed by atoms with Crippen LogP contribution in [0.5, 0.6) is 0 Å². The van der Waals surface area contributed by atoms with Gasteiger partial charge in [0, 0.05) is 12.6 Å². The molecule has 2 aliphatic carbocycles. The molecule has 2 saturated carbocycles. The Bertz CT molecular complexity index is 404. The van der Waals surface area contributed by atoms with Crippen molar-refractivity contribution in [1.29, 1.82) is 0 Å². The minimum Gasteiger partial charge on any atom is -0.325 e. The van der Waals surface area contributed by atoms with E-state index in [9.17, 15) is 4.79 Å². The summed E-state index contributed by atoms with van der Waals surface area (Å²) >= 11 is 0. The van der Waals surface area contributed by atoms with E-state index in [1.165, 1.54) is 25.7 Å². The molecule has 0 spiro atoms. The number of aromatic nitrogens is 1. The molecule has 3 unspecified atom stereocenters. The fourth-order valence-corrected chi connectivity index (χ4v) is 3.51. The van der Waals surface area contributed by atoms with Crippen LogP contribution in [-0.4, -0.2) is 10.9 Å². The Labute approximate surface area is 102 Å². The zero-order chi connectivity index (χ0) is 11.7. The lowest BCUT2D eigenvalue weighted by Gasteiger charge is -2.20. The Kier molecular flexibility index (Phi) is 2.83. The highest BCUT2D eigenvalue weighted by molar-refractivity contribution is 5.90. The number of hydrogen-bond donors (Lipinski definition) is 1. The van der Waals surface area contributed by atoms with Gasteiger partial charge in [0.2, 0.25) is 5.91 Å². The molecule has 90 valence electrons. The van der Waals surface area contributed by atoms with Crippen molar-refractivity contribution in [2.75, 3.05) is 5.32 Å². The van der Waals surface area contributed by atoms with Crippen LogP contribution < -0.4 is 5.32 Å². The smallest absolute Gasteiger partial charge is 0.224 e. The largest absolute Gasteiger partial charge is 0.325 e. The normalized spacial score (nSPS) is 30.5. The molecule has 1 aromatic rings. The van der Waals surface area contributed by atoms with E-state index in [0.29, 0.717) is 12.3 Å². The molecule has 0 aliphatic heterocycles. The number of nitrogens with zero attached hydrogens (tertiary/aromatic N) is 1. The maximum Gasteiger partial charge on any atom is 0.224 e. The van der Waals surface area contributed by atoms with Crippen molar-refractivity contribution >= 4 is 11.6 Å². The summed E-state index contributed by atoms with van der Waals surface area (Å²) < 4.78 is 0. The molecule has 2 aliphatic rings. The highest BCUT2D eigenvalue weighted by atomic mass is 16.1. The standard InChI is InChI=1S/C14H18N2O/c17-14(16-13-2-1-5-15-9-13)8-12-7-10-3-4-11(12)6-10/h1-2,5,9-12H,3-4,6-8H2,(H,16,17). The number of amides is 1. The number of pyridine rings is 1. The van der Waals surface area contributed by atoms with E-state index >= 15 is 0 Å². The quantitative estimate of drug-likeness (QED) is 0.867. The number of carbonyl (C=O) groups is 1.